The first kappa shape index (κ1) is 14.8. The summed E-state index contributed by atoms with van der Waals surface area (Å²) in [6, 6.07) is 0. The molecule has 0 bridgehead atoms. The fourth-order valence-corrected chi connectivity index (χ4v) is 3.63. The molecule has 8 heteroatoms. The Bertz CT molecular complexity index is 509. The summed E-state index contributed by atoms with van der Waals surface area (Å²) in [7, 11) is -1.72. The molecule has 0 saturated carbocycles. The molecule has 0 unspecified atom stereocenters. The summed E-state index contributed by atoms with van der Waals surface area (Å²) in [5, 5.41) is 0.107. The summed E-state index contributed by atoms with van der Waals surface area (Å²) >= 11 is 5.56. The van der Waals surface area contributed by atoms with E-state index in [1.165, 1.54) is 16.8 Å². The molecule has 0 aliphatic carbocycles. The minimum absolute atomic E-state index is 0.105. The minimum atomic E-state index is -3.47. The summed E-state index contributed by atoms with van der Waals surface area (Å²) in [6.45, 7) is 1.44. The Labute approximate surface area is 118 Å². The normalized spacial score (nSPS) is 18.8. The van der Waals surface area contributed by atoms with Crippen LogP contribution >= 0.6 is 11.6 Å². The van der Waals surface area contributed by atoms with Crippen molar-refractivity contribution < 1.29 is 13.2 Å². The van der Waals surface area contributed by atoms with E-state index in [1.807, 2.05) is 0 Å². The van der Waals surface area contributed by atoms with Gasteiger partial charge in [0.15, 0.2) is 5.03 Å². The lowest BCUT2D eigenvalue weighted by Gasteiger charge is -2.30. The van der Waals surface area contributed by atoms with E-state index in [9.17, 15) is 8.42 Å². The summed E-state index contributed by atoms with van der Waals surface area (Å²) in [6.07, 6.45) is 4.51. The molecule has 0 atom stereocenters. The fourth-order valence-electron chi connectivity index (χ4n) is 2.10. The molecular weight excluding hydrogens is 290 g/mol. The molecule has 2 heterocycles. The number of nitrogens with zero attached hydrogens (tertiary/aromatic N) is 3. The Balaban J connectivity index is 1.97. The maximum Gasteiger partial charge on any atom is 0.262 e. The van der Waals surface area contributed by atoms with Crippen LogP contribution in [0.5, 0.6) is 0 Å². The molecule has 6 nitrogen and oxygen atoms in total. The summed E-state index contributed by atoms with van der Waals surface area (Å²) in [5.74, 6) is 0.465. The SMILES string of the molecule is Cn1cnc(S(=O)(=O)N2CCC(OCCCl)CC2)c1. The Kier molecular flexibility index (Phi) is 4.83. The number of rotatable bonds is 5. The molecule has 1 aromatic heterocycles. The Morgan fingerprint density at radius 1 is 1.47 bits per heavy atom. The van der Waals surface area contributed by atoms with Crippen molar-refractivity contribution >= 4 is 21.6 Å². The average molecular weight is 308 g/mol. The zero-order valence-electron chi connectivity index (χ0n) is 10.8. The van der Waals surface area contributed by atoms with Gasteiger partial charge < -0.3 is 9.30 Å². The van der Waals surface area contributed by atoms with Crippen molar-refractivity contribution in [3.8, 4) is 0 Å². The smallest absolute Gasteiger partial charge is 0.262 e. The quantitative estimate of drug-likeness (QED) is 0.756. The molecule has 1 saturated heterocycles. The molecule has 19 heavy (non-hydrogen) atoms. The van der Waals surface area contributed by atoms with Crippen LogP contribution in [0, 0.1) is 0 Å². The molecule has 1 fully saturated rings. The second kappa shape index (κ2) is 6.21. The topological polar surface area (TPSA) is 64.4 Å². The Hall–Kier alpha value is -0.630. The second-order valence-corrected chi connectivity index (χ2v) is 6.80. The summed E-state index contributed by atoms with van der Waals surface area (Å²) in [4.78, 5) is 3.92. The van der Waals surface area contributed by atoms with Gasteiger partial charge >= 0.3 is 0 Å². The third kappa shape index (κ3) is 3.47. The van der Waals surface area contributed by atoms with E-state index < -0.39 is 10.0 Å². The van der Waals surface area contributed by atoms with Crippen LogP contribution in [0.1, 0.15) is 12.8 Å². The van der Waals surface area contributed by atoms with E-state index in [4.69, 9.17) is 16.3 Å². The third-order valence-corrected chi connectivity index (χ3v) is 5.06. The van der Waals surface area contributed by atoms with Gasteiger partial charge in [-0.05, 0) is 12.8 Å². The molecule has 1 aliphatic rings. The standard InChI is InChI=1S/C11H18ClN3O3S/c1-14-8-11(13-9-14)19(16,17)15-5-2-10(3-6-15)18-7-4-12/h8-10H,2-7H2,1H3. The lowest BCUT2D eigenvalue weighted by Crippen LogP contribution is -2.41. The van der Waals surface area contributed by atoms with Crippen molar-refractivity contribution in [2.45, 2.75) is 24.0 Å². The van der Waals surface area contributed by atoms with Gasteiger partial charge in [0, 0.05) is 32.2 Å². The molecule has 1 aliphatic heterocycles. The predicted molar refractivity (Wildman–Crippen MR) is 71.7 cm³/mol. The molecule has 0 spiro atoms. The zero-order chi connectivity index (χ0) is 13.9. The average Bonchev–Trinajstić information content (AvgIpc) is 2.84. The summed E-state index contributed by atoms with van der Waals surface area (Å²) < 4.78 is 33.2. The molecule has 0 radical (unpaired) electrons. The fraction of sp³-hybridized carbons (Fsp3) is 0.727. The highest BCUT2D eigenvalue weighted by atomic mass is 35.5. The number of alkyl halides is 1. The largest absolute Gasteiger partial charge is 0.377 e. The number of halogens is 1. The number of hydrogen-bond donors (Lipinski definition) is 0. The van der Waals surface area contributed by atoms with Crippen molar-refractivity contribution in [1.29, 1.82) is 0 Å². The van der Waals surface area contributed by atoms with Gasteiger partial charge in [-0.15, -0.1) is 11.6 Å². The maximum atomic E-state index is 12.3. The highest BCUT2D eigenvalue weighted by Gasteiger charge is 2.31. The lowest BCUT2D eigenvalue weighted by atomic mass is 10.1. The van der Waals surface area contributed by atoms with Crippen LogP contribution in [0.25, 0.3) is 0 Å². The van der Waals surface area contributed by atoms with Gasteiger partial charge in [-0.3, -0.25) is 0 Å². The third-order valence-electron chi connectivity index (χ3n) is 3.12. The van der Waals surface area contributed by atoms with E-state index >= 15 is 0 Å². The van der Waals surface area contributed by atoms with Crippen molar-refractivity contribution in [3.05, 3.63) is 12.5 Å². The minimum Gasteiger partial charge on any atom is -0.377 e. The maximum absolute atomic E-state index is 12.3. The van der Waals surface area contributed by atoms with Crippen LogP contribution < -0.4 is 0 Å². The predicted octanol–water partition coefficient (Wildman–Crippen LogP) is 0.829. The number of hydrogen-bond acceptors (Lipinski definition) is 4. The van der Waals surface area contributed by atoms with E-state index in [0.29, 0.717) is 38.4 Å². The molecule has 108 valence electrons. The van der Waals surface area contributed by atoms with Gasteiger partial charge in [0.1, 0.15) is 0 Å². The van der Waals surface area contributed by atoms with Crippen molar-refractivity contribution in [3.63, 3.8) is 0 Å². The monoisotopic (exact) mass is 307 g/mol. The van der Waals surface area contributed by atoms with Gasteiger partial charge in [0.25, 0.3) is 10.0 Å². The van der Waals surface area contributed by atoms with Gasteiger partial charge in [-0.1, -0.05) is 0 Å². The van der Waals surface area contributed by atoms with E-state index in [2.05, 4.69) is 4.98 Å². The van der Waals surface area contributed by atoms with Crippen LogP contribution in [0.4, 0.5) is 0 Å². The van der Waals surface area contributed by atoms with Crippen molar-refractivity contribution in [1.82, 2.24) is 13.9 Å². The number of sulfonamides is 1. The van der Waals surface area contributed by atoms with E-state index in [-0.39, 0.29) is 11.1 Å². The van der Waals surface area contributed by atoms with Crippen LogP contribution in [-0.2, 0) is 21.8 Å². The van der Waals surface area contributed by atoms with E-state index in [0.717, 1.165) is 0 Å². The van der Waals surface area contributed by atoms with Crippen molar-refractivity contribution in [2.24, 2.45) is 7.05 Å². The molecule has 0 amide bonds. The first-order valence-corrected chi connectivity index (χ1v) is 8.17. The van der Waals surface area contributed by atoms with Gasteiger partial charge in [0.2, 0.25) is 0 Å². The highest BCUT2D eigenvalue weighted by Crippen LogP contribution is 2.20. The second-order valence-electron chi connectivity index (χ2n) is 4.54. The lowest BCUT2D eigenvalue weighted by molar-refractivity contribution is 0.0301. The highest BCUT2D eigenvalue weighted by molar-refractivity contribution is 7.89. The first-order valence-electron chi connectivity index (χ1n) is 6.19. The van der Waals surface area contributed by atoms with Crippen LogP contribution in [-0.4, -0.2) is 54.0 Å². The van der Waals surface area contributed by atoms with Gasteiger partial charge in [-0.25, -0.2) is 13.4 Å². The summed E-state index contributed by atoms with van der Waals surface area (Å²) in [5.41, 5.74) is 0. The number of aromatic nitrogens is 2. The van der Waals surface area contributed by atoms with Crippen LogP contribution in [0.15, 0.2) is 17.6 Å². The Morgan fingerprint density at radius 3 is 2.68 bits per heavy atom. The van der Waals surface area contributed by atoms with Gasteiger partial charge in [0.05, 0.1) is 19.0 Å². The van der Waals surface area contributed by atoms with Crippen LogP contribution in [0.2, 0.25) is 0 Å². The Morgan fingerprint density at radius 2 is 2.16 bits per heavy atom. The van der Waals surface area contributed by atoms with E-state index in [1.54, 1.807) is 11.6 Å². The van der Waals surface area contributed by atoms with Gasteiger partial charge in [-0.2, -0.15) is 4.31 Å². The number of piperidine rings is 1. The number of aryl methyl sites for hydroxylation is 1. The molecule has 1 aromatic rings. The molecule has 0 N–H and O–H groups in total. The molecular formula is C11H18ClN3O3S. The molecule has 0 aromatic carbocycles. The zero-order valence-corrected chi connectivity index (χ0v) is 12.4. The molecule has 2 rings (SSSR count). The first-order chi connectivity index (χ1) is 9.04. The number of ether oxygens (including phenoxy) is 1. The van der Waals surface area contributed by atoms with Crippen LogP contribution in [0.3, 0.4) is 0 Å². The number of imidazole rings is 1. The van der Waals surface area contributed by atoms with Crippen molar-refractivity contribution in [2.75, 3.05) is 25.6 Å².